The molecular formula is C21H24N4O5. The number of hydrogen-bond acceptors (Lipinski definition) is 5. The van der Waals surface area contributed by atoms with E-state index in [9.17, 15) is 19.2 Å². The van der Waals surface area contributed by atoms with Crippen LogP contribution in [0.1, 0.15) is 24.2 Å². The lowest BCUT2D eigenvalue weighted by molar-refractivity contribution is -0.150. The number of anilines is 2. The molecule has 0 unspecified atom stereocenters. The Bertz CT molecular complexity index is 897. The summed E-state index contributed by atoms with van der Waals surface area (Å²) in [5.74, 6) is -2.13. The topological polar surface area (TPSA) is 140 Å². The van der Waals surface area contributed by atoms with E-state index in [2.05, 4.69) is 16.0 Å². The number of hydrogen-bond donors (Lipinski definition) is 4. The zero-order valence-electron chi connectivity index (χ0n) is 16.7. The number of nitrogens with one attached hydrogen (secondary N) is 3. The zero-order valence-corrected chi connectivity index (χ0v) is 16.7. The molecule has 0 aliphatic heterocycles. The normalized spacial score (nSPS) is 11.3. The molecule has 158 valence electrons. The minimum atomic E-state index is -0.934. The van der Waals surface area contributed by atoms with Gasteiger partial charge in [0.2, 0.25) is 5.91 Å². The molecule has 2 aromatic carbocycles. The molecule has 4 amide bonds. The molecule has 0 bridgehead atoms. The number of benzene rings is 2. The maximum Gasteiger partial charge on any atom is 0.329 e. The molecule has 2 rings (SSSR count). The van der Waals surface area contributed by atoms with Gasteiger partial charge in [0.25, 0.3) is 5.91 Å². The first-order chi connectivity index (χ1) is 14.3. The first kappa shape index (κ1) is 22.4. The van der Waals surface area contributed by atoms with Crippen LogP contribution in [0.5, 0.6) is 0 Å². The molecule has 2 aromatic rings. The molecule has 5 N–H and O–H groups in total. The SMILES string of the molecule is CC(C)[C@H](NC(=O)Nc1ccccc1)C(=O)OCC(=O)Nc1ccc(C(N)=O)cc1. The van der Waals surface area contributed by atoms with Crippen LogP contribution in [0.15, 0.2) is 54.6 Å². The van der Waals surface area contributed by atoms with Gasteiger partial charge in [0, 0.05) is 16.9 Å². The number of nitrogens with two attached hydrogens (primary N) is 1. The molecule has 9 nitrogen and oxygen atoms in total. The largest absolute Gasteiger partial charge is 0.454 e. The number of ether oxygens (including phenoxy) is 1. The predicted octanol–water partition coefficient (Wildman–Crippen LogP) is 2.11. The van der Waals surface area contributed by atoms with Crippen molar-refractivity contribution in [3.63, 3.8) is 0 Å². The van der Waals surface area contributed by atoms with E-state index in [4.69, 9.17) is 10.5 Å². The van der Waals surface area contributed by atoms with Crippen LogP contribution in [0.25, 0.3) is 0 Å². The molecule has 0 fully saturated rings. The fourth-order valence-electron chi connectivity index (χ4n) is 2.47. The number of carbonyl (C=O) groups is 4. The lowest BCUT2D eigenvalue weighted by Gasteiger charge is -2.21. The van der Waals surface area contributed by atoms with Crippen LogP contribution in [-0.4, -0.2) is 36.5 Å². The fourth-order valence-corrected chi connectivity index (χ4v) is 2.47. The molecule has 0 saturated carbocycles. The van der Waals surface area contributed by atoms with E-state index >= 15 is 0 Å². The van der Waals surface area contributed by atoms with E-state index in [0.717, 1.165) is 0 Å². The number of primary amides is 1. The second-order valence-electron chi connectivity index (χ2n) is 6.78. The smallest absolute Gasteiger partial charge is 0.329 e. The van der Waals surface area contributed by atoms with Crippen molar-refractivity contribution in [1.82, 2.24) is 5.32 Å². The number of para-hydroxylation sites is 1. The summed E-state index contributed by atoms with van der Waals surface area (Å²) in [6.07, 6.45) is 0. The van der Waals surface area contributed by atoms with Gasteiger partial charge in [0.05, 0.1) is 0 Å². The number of esters is 1. The van der Waals surface area contributed by atoms with Crippen LogP contribution in [0.4, 0.5) is 16.2 Å². The number of carbonyl (C=O) groups excluding carboxylic acids is 4. The van der Waals surface area contributed by atoms with E-state index < -0.39 is 36.5 Å². The van der Waals surface area contributed by atoms with Crippen LogP contribution in [0, 0.1) is 5.92 Å². The van der Waals surface area contributed by atoms with Crippen LogP contribution in [0.3, 0.4) is 0 Å². The molecule has 30 heavy (non-hydrogen) atoms. The van der Waals surface area contributed by atoms with E-state index in [0.29, 0.717) is 16.9 Å². The third-order valence-electron chi connectivity index (χ3n) is 4.04. The molecule has 0 aromatic heterocycles. The van der Waals surface area contributed by atoms with E-state index in [1.54, 1.807) is 38.1 Å². The molecule has 9 heteroatoms. The van der Waals surface area contributed by atoms with Crippen molar-refractivity contribution >= 4 is 35.2 Å². The molecule has 0 spiro atoms. The Kier molecular flexibility index (Phi) is 7.92. The first-order valence-corrected chi connectivity index (χ1v) is 9.25. The summed E-state index contributed by atoms with van der Waals surface area (Å²) in [6.45, 7) is 2.96. The second-order valence-corrected chi connectivity index (χ2v) is 6.78. The Balaban J connectivity index is 1.85. The van der Waals surface area contributed by atoms with Crippen molar-refractivity contribution in [3.05, 3.63) is 60.2 Å². The molecule has 0 aliphatic rings. The highest BCUT2D eigenvalue weighted by Crippen LogP contribution is 2.10. The first-order valence-electron chi connectivity index (χ1n) is 9.25. The van der Waals surface area contributed by atoms with Gasteiger partial charge in [-0.2, -0.15) is 0 Å². The summed E-state index contributed by atoms with van der Waals surface area (Å²) in [6, 6.07) is 13.2. The summed E-state index contributed by atoms with van der Waals surface area (Å²) in [5, 5.41) is 7.71. The molecule has 1 atom stereocenters. The van der Waals surface area contributed by atoms with Gasteiger partial charge in [-0.1, -0.05) is 32.0 Å². The Morgan fingerprint density at radius 1 is 0.900 bits per heavy atom. The van der Waals surface area contributed by atoms with Gasteiger partial charge in [0.1, 0.15) is 6.04 Å². The van der Waals surface area contributed by atoms with Crippen molar-refractivity contribution in [3.8, 4) is 0 Å². The minimum Gasteiger partial charge on any atom is -0.454 e. The van der Waals surface area contributed by atoms with Gasteiger partial charge >= 0.3 is 12.0 Å². The maximum atomic E-state index is 12.4. The summed E-state index contributed by atoms with van der Waals surface area (Å²) in [4.78, 5) is 47.6. The van der Waals surface area contributed by atoms with Crippen LogP contribution >= 0.6 is 0 Å². The van der Waals surface area contributed by atoms with Crippen molar-refractivity contribution in [2.75, 3.05) is 17.2 Å². The lowest BCUT2D eigenvalue weighted by atomic mass is 10.1. The third kappa shape index (κ3) is 6.93. The van der Waals surface area contributed by atoms with E-state index in [1.165, 1.54) is 24.3 Å². The van der Waals surface area contributed by atoms with Crippen molar-refractivity contribution in [1.29, 1.82) is 0 Å². The van der Waals surface area contributed by atoms with Crippen molar-refractivity contribution in [2.24, 2.45) is 11.7 Å². The molecular weight excluding hydrogens is 388 g/mol. The monoisotopic (exact) mass is 412 g/mol. The highest BCUT2D eigenvalue weighted by molar-refractivity contribution is 5.96. The Morgan fingerprint density at radius 2 is 1.50 bits per heavy atom. The van der Waals surface area contributed by atoms with Gasteiger partial charge in [-0.15, -0.1) is 0 Å². The minimum absolute atomic E-state index is 0.261. The molecule has 0 saturated heterocycles. The Morgan fingerprint density at radius 3 is 2.07 bits per heavy atom. The molecule has 0 aliphatic carbocycles. The predicted molar refractivity (Wildman–Crippen MR) is 112 cm³/mol. The number of amides is 4. The van der Waals surface area contributed by atoms with Crippen molar-refractivity contribution < 1.29 is 23.9 Å². The van der Waals surface area contributed by atoms with Crippen LogP contribution < -0.4 is 21.7 Å². The van der Waals surface area contributed by atoms with Gasteiger partial charge in [0.15, 0.2) is 6.61 Å². The average Bonchev–Trinajstić information content (AvgIpc) is 2.71. The average molecular weight is 412 g/mol. The maximum absolute atomic E-state index is 12.4. The van der Waals surface area contributed by atoms with Gasteiger partial charge < -0.3 is 26.4 Å². The molecule has 0 heterocycles. The summed E-state index contributed by atoms with van der Waals surface area (Å²) >= 11 is 0. The summed E-state index contributed by atoms with van der Waals surface area (Å²) in [7, 11) is 0. The third-order valence-corrected chi connectivity index (χ3v) is 4.04. The highest BCUT2D eigenvalue weighted by atomic mass is 16.5. The van der Waals surface area contributed by atoms with Crippen molar-refractivity contribution in [2.45, 2.75) is 19.9 Å². The van der Waals surface area contributed by atoms with Gasteiger partial charge in [-0.25, -0.2) is 9.59 Å². The lowest BCUT2D eigenvalue weighted by Crippen LogP contribution is -2.47. The summed E-state index contributed by atoms with van der Waals surface area (Å²) < 4.78 is 5.04. The second kappa shape index (κ2) is 10.6. The van der Waals surface area contributed by atoms with Gasteiger partial charge in [-0.3, -0.25) is 9.59 Å². The fraction of sp³-hybridized carbons (Fsp3) is 0.238. The van der Waals surface area contributed by atoms with Gasteiger partial charge in [-0.05, 0) is 42.3 Å². The van der Waals surface area contributed by atoms with Crippen LogP contribution in [-0.2, 0) is 14.3 Å². The van der Waals surface area contributed by atoms with Crippen LogP contribution in [0.2, 0.25) is 0 Å². The number of urea groups is 1. The van der Waals surface area contributed by atoms with E-state index in [-0.39, 0.29) is 5.92 Å². The Hall–Kier alpha value is -3.88. The van der Waals surface area contributed by atoms with E-state index in [1.807, 2.05) is 6.07 Å². The quantitative estimate of drug-likeness (QED) is 0.492. The standard InChI is InChI=1S/C21H24N4O5/c1-13(2)18(25-21(29)24-15-6-4-3-5-7-15)20(28)30-12-17(26)23-16-10-8-14(9-11-16)19(22)27/h3-11,13,18H,12H2,1-2H3,(H2,22,27)(H,23,26)(H2,24,25,29)/t18-/m0/s1. The number of rotatable bonds is 8. The Labute approximate surface area is 174 Å². The highest BCUT2D eigenvalue weighted by Gasteiger charge is 2.26. The zero-order chi connectivity index (χ0) is 22.1. The summed E-state index contributed by atoms with van der Waals surface area (Å²) in [5.41, 5.74) is 6.46. The molecule has 0 radical (unpaired) electrons.